The molecule has 0 unspecified atom stereocenters. The van der Waals surface area contributed by atoms with Crippen LogP contribution in [0.4, 0.5) is 0 Å². The van der Waals surface area contributed by atoms with Gasteiger partial charge < -0.3 is 5.11 Å². The molecule has 0 bridgehead atoms. The molecular formula is C10H13BrO3S. The molecule has 0 spiro atoms. The highest BCUT2D eigenvalue weighted by molar-refractivity contribution is 9.11. The largest absolute Gasteiger partial charge is 0.386 e. The van der Waals surface area contributed by atoms with E-state index in [2.05, 4.69) is 15.9 Å². The maximum Gasteiger partial charge on any atom is 0.165 e. The zero-order chi connectivity index (χ0) is 11.7. The Kier molecular flexibility index (Phi) is 3.58. The van der Waals surface area contributed by atoms with Gasteiger partial charge in [0.25, 0.3) is 0 Å². The predicted octanol–water partition coefficient (Wildman–Crippen LogP) is 1.88. The average molecular weight is 293 g/mol. The summed E-state index contributed by atoms with van der Waals surface area (Å²) >= 11 is 3.07. The lowest BCUT2D eigenvalue weighted by Crippen LogP contribution is -2.34. The molecule has 0 aliphatic rings. The SMILES string of the molecule is C[C@@](Br)([C@H](O)c1ccccc1)S(C)(=O)=O. The standard InChI is InChI=1S/C10H13BrO3S/c1-10(11,15(2,13)14)9(12)8-6-4-3-5-7-8/h3-7,9,12H,1-2H3/t9-,10+/m1/s1. The minimum Gasteiger partial charge on any atom is -0.386 e. The summed E-state index contributed by atoms with van der Waals surface area (Å²) in [6.07, 6.45) is 0.00201. The molecule has 0 aliphatic carbocycles. The van der Waals surface area contributed by atoms with E-state index >= 15 is 0 Å². The first kappa shape index (κ1) is 12.7. The Bertz CT molecular complexity index is 425. The minimum absolute atomic E-state index is 0.572. The van der Waals surface area contributed by atoms with Gasteiger partial charge in [-0.1, -0.05) is 46.3 Å². The van der Waals surface area contributed by atoms with Gasteiger partial charge in [0, 0.05) is 6.26 Å². The van der Waals surface area contributed by atoms with Gasteiger partial charge in [-0.2, -0.15) is 0 Å². The number of rotatable bonds is 3. The predicted molar refractivity (Wildman–Crippen MR) is 63.6 cm³/mol. The monoisotopic (exact) mass is 292 g/mol. The summed E-state index contributed by atoms with van der Waals surface area (Å²) in [6, 6.07) is 8.70. The van der Waals surface area contributed by atoms with Gasteiger partial charge in [-0.15, -0.1) is 0 Å². The van der Waals surface area contributed by atoms with Crippen molar-refractivity contribution in [2.75, 3.05) is 6.26 Å². The summed E-state index contributed by atoms with van der Waals surface area (Å²) in [6.45, 7) is 1.44. The van der Waals surface area contributed by atoms with Gasteiger partial charge in [0.05, 0.1) is 0 Å². The van der Waals surface area contributed by atoms with E-state index in [0.717, 1.165) is 6.26 Å². The molecule has 0 aliphatic heterocycles. The van der Waals surface area contributed by atoms with Crippen LogP contribution < -0.4 is 0 Å². The second-order valence-electron chi connectivity index (χ2n) is 3.57. The van der Waals surface area contributed by atoms with Crippen molar-refractivity contribution in [2.45, 2.75) is 16.7 Å². The van der Waals surface area contributed by atoms with Crippen LogP contribution in [0.3, 0.4) is 0 Å². The Morgan fingerprint density at radius 3 is 2.20 bits per heavy atom. The number of aliphatic hydroxyl groups excluding tert-OH is 1. The molecule has 0 radical (unpaired) electrons. The molecule has 84 valence electrons. The highest BCUT2D eigenvalue weighted by Crippen LogP contribution is 2.37. The molecular weight excluding hydrogens is 280 g/mol. The molecule has 1 aromatic carbocycles. The van der Waals surface area contributed by atoms with Crippen LogP contribution in [0, 0.1) is 0 Å². The number of aliphatic hydroxyl groups is 1. The second kappa shape index (κ2) is 4.23. The molecule has 2 atom stereocenters. The van der Waals surface area contributed by atoms with E-state index in [4.69, 9.17) is 0 Å². The van der Waals surface area contributed by atoms with Crippen molar-refractivity contribution >= 4 is 25.8 Å². The summed E-state index contributed by atoms with van der Waals surface area (Å²) < 4.78 is 21.6. The quantitative estimate of drug-likeness (QED) is 0.866. The third-order valence-electron chi connectivity index (χ3n) is 2.33. The highest BCUT2D eigenvalue weighted by atomic mass is 79.9. The van der Waals surface area contributed by atoms with Gasteiger partial charge in [-0.25, -0.2) is 8.42 Å². The van der Waals surface area contributed by atoms with Gasteiger partial charge in [0.2, 0.25) is 0 Å². The normalized spacial score (nSPS) is 18.1. The van der Waals surface area contributed by atoms with Crippen LogP contribution in [-0.4, -0.2) is 23.4 Å². The first-order chi connectivity index (χ1) is 6.77. The van der Waals surface area contributed by atoms with E-state index in [0.29, 0.717) is 5.56 Å². The molecule has 15 heavy (non-hydrogen) atoms. The molecule has 0 amide bonds. The fraction of sp³-hybridized carbons (Fsp3) is 0.400. The number of sulfone groups is 1. The van der Waals surface area contributed by atoms with Crippen molar-refractivity contribution < 1.29 is 13.5 Å². The van der Waals surface area contributed by atoms with E-state index in [1.807, 2.05) is 6.07 Å². The van der Waals surface area contributed by atoms with E-state index in [-0.39, 0.29) is 0 Å². The van der Waals surface area contributed by atoms with Gasteiger partial charge in [0.15, 0.2) is 13.5 Å². The van der Waals surface area contributed by atoms with Crippen LogP contribution in [0.5, 0.6) is 0 Å². The summed E-state index contributed by atoms with van der Waals surface area (Å²) in [5.74, 6) is 0. The van der Waals surface area contributed by atoms with Crippen LogP contribution in [0.25, 0.3) is 0 Å². The van der Waals surface area contributed by atoms with Crippen molar-refractivity contribution in [1.82, 2.24) is 0 Å². The van der Waals surface area contributed by atoms with Crippen LogP contribution in [-0.2, 0) is 9.84 Å². The number of halogens is 1. The van der Waals surface area contributed by atoms with Gasteiger partial charge in [-0.3, -0.25) is 0 Å². The summed E-state index contributed by atoms with van der Waals surface area (Å²) in [5, 5.41) is 9.96. The van der Waals surface area contributed by atoms with Crippen LogP contribution in [0.1, 0.15) is 18.6 Å². The Hall–Kier alpha value is -0.390. The summed E-state index contributed by atoms with van der Waals surface area (Å²) in [7, 11) is -3.38. The molecule has 0 saturated heterocycles. The van der Waals surface area contributed by atoms with Crippen molar-refractivity contribution in [2.24, 2.45) is 0 Å². The van der Waals surface area contributed by atoms with Crippen molar-refractivity contribution in [3.8, 4) is 0 Å². The molecule has 0 aromatic heterocycles. The zero-order valence-corrected chi connectivity index (χ0v) is 10.9. The van der Waals surface area contributed by atoms with E-state index in [1.165, 1.54) is 6.92 Å². The Labute approximate surface area is 98.2 Å². The second-order valence-corrected chi connectivity index (χ2v) is 8.14. The van der Waals surface area contributed by atoms with E-state index in [1.54, 1.807) is 24.3 Å². The molecule has 0 heterocycles. The average Bonchev–Trinajstić information content (AvgIpc) is 2.16. The van der Waals surface area contributed by atoms with E-state index in [9.17, 15) is 13.5 Å². The summed E-state index contributed by atoms with van der Waals surface area (Å²) in [4.78, 5) is 0. The number of benzene rings is 1. The molecule has 1 N–H and O–H groups in total. The summed E-state index contributed by atoms with van der Waals surface area (Å²) in [5.41, 5.74) is 0.572. The van der Waals surface area contributed by atoms with Gasteiger partial charge in [0.1, 0.15) is 6.10 Å². The number of hydrogen-bond donors (Lipinski definition) is 1. The van der Waals surface area contributed by atoms with Crippen LogP contribution in [0.15, 0.2) is 30.3 Å². The zero-order valence-electron chi connectivity index (χ0n) is 8.51. The number of hydrogen-bond acceptors (Lipinski definition) is 3. The Balaban J connectivity index is 3.11. The number of alkyl halides is 1. The third kappa shape index (κ3) is 2.59. The Morgan fingerprint density at radius 1 is 1.33 bits per heavy atom. The van der Waals surface area contributed by atoms with Crippen molar-refractivity contribution in [3.05, 3.63) is 35.9 Å². The Morgan fingerprint density at radius 2 is 1.80 bits per heavy atom. The van der Waals surface area contributed by atoms with Crippen molar-refractivity contribution in [3.63, 3.8) is 0 Å². The molecule has 1 aromatic rings. The molecule has 1 rings (SSSR count). The van der Waals surface area contributed by atoms with Gasteiger partial charge in [-0.05, 0) is 12.5 Å². The van der Waals surface area contributed by atoms with Crippen molar-refractivity contribution in [1.29, 1.82) is 0 Å². The fourth-order valence-corrected chi connectivity index (χ4v) is 1.94. The first-order valence-electron chi connectivity index (χ1n) is 4.38. The lowest BCUT2D eigenvalue weighted by atomic mass is 10.1. The first-order valence-corrected chi connectivity index (χ1v) is 7.07. The van der Waals surface area contributed by atoms with Crippen LogP contribution >= 0.6 is 15.9 Å². The van der Waals surface area contributed by atoms with Crippen LogP contribution in [0.2, 0.25) is 0 Å². The lowest BCUT2D eigenvalue weighted by Gasteiger charge is -2.26. The maximum atomic E-state index is 11.5. The third-order valence-corrected chi connectivity index (χ3v) is 6.20. The molecule has 5 heteroatoms. The maximum absolute atomic E-state index is 11.5. The highest BCUT2D eigenvalue weighted by Gasteiger charge is 2.41. The molecule has 3 nitrogen and oxygen atoms in total. The molecule has 0 saturated carbocycles. The van der Waals surface area contributed by atoms with E-state index < -0.39 is 19.6 Å². The lowest BCUT2D eigenvalue weighted by molar-refractivity contribution is 0.168. The minimum atomic E-state index is -3.38. The van der Waals surface area contributed by atoms with Gasteiger partial charge >= 0.3 is 0 Å². The topological polar surface area (TPSA) is 54.4 Å². The fourth-order valence-electron chi connectivity index (χ4n) is 1.14. The molecule has 0 fully saturated rings. The smallest absolute Gasteiger partial charge is 0.165 e.